The minimum absolute atomic E-state index is 0.124. The summed E-state index contributed by atoms with van der Waals surface area (Å²) in [6.07, 6.45) is 0.654. The Morgan fingerprint density at radius 1 is 1.12 bits per heavy atom. The Bertz CT molecular complexity index is 1280. The number of hydrogen-bond acceptors (Lipinski definition) is 6. The fraction of sp³-hybridized carbons (Fsp3) is 0.516. The van der Waals surface area contributed by atoms with Crippen LogP contribution in [0.1, 0.15) is 66.9 Å². The van der Waals surface area contributed by atoms with Gasteiger partial charge in [-0.25, -0.2) is 4.79 Å². The molecule has 0 aliphatic carbocycles. The molecule has 0 radical (unpaired) electrons. The maximum Gasteiger partial charge on any atom is 0.322 e. The minimum atomic E-state index is -0.812. The van der Waals surface area contributed by atoms with Crippen molar-refractivity contribution in [3.63, 3.8) is 0 Å². The number of likely N-dealkylation sites (tertiary alicyclic amines) is 1. The predicted octanol–water partition coefficient (Wildman–Crippen LogP) is 3.33. The predicted molar refractivity (Wildman–Crippen MR) is 154 cm³/mol. The van der Waals surface area contributed by atoms with Crippen LogP contribution in [-0.4, -0.2) is 77.9 Å². The molecule has 5 atom stereocenters. The molecule has 0 aromatic heterocycles. The highest BCUT2D eigenvalue weighted by Gasteiger charge is 2.41. The van der Waals surface area contributed by atoms with Crippen molar-refractivity contribution in [3.8, 4) is 5.75 Å². The number of hydrogen-bond donors (Lipinski definition) is 4. The van der Waals surface area contributed by atoms with Gasteiger partial charge in [0.15, 0.2) is 0 Å². The highest BCUT2D eigenvalue weighted by Crippen LogP contribution is 2.28. The topological polar surface area (TPSA) is 129 Å². The summed E-state index contributed by atoms with van der Waals surface area (Å²) in [5.74, 6) is 0.0853. The van der Waals surface area contributed by atoms with Crippen molar-refractivity contribution in [1.29, 1.82) is 0 Å². The molecule has 220 valence electrons. The minimum Gasteiger partial charge on any atom is -0.493 e. The van der Waals surface area contributed by atoms with Gasteiger partial charge >= 0.3 is 6.03 Å². The summed E-state index contributed by atoms with van der Waals surface area (Å²) in [6.45, 7) is 6.69. The molecule has 4 bridgehead atoms. The number of nitrogens with one attached hydrogen (secondary N) is 3. The SMILES string of the molecule is Cc1ccccc1NC(=O)N1C[C@@H]2C[C@H]1C(=O)NC[C@H]1O[C@H](CCOc3cc(C(C)C)ccc3C(=O)N2)CC[C@@H]1O. The monoisotopic (exact) mass is 564 g/mol. The number of amides is 4. The fourth-order valence-electron chi connectivity index (χ4n) is 5.75. The van der Waals surface area contributed by atoms with E-state index >= 15 is 0 Å². The first kappa shape index (κ1) is 28.9. The van der Waals surface area contributed by atoms with Crippen molar-refractivity contribution in [3.05, 3.63) is 59.2 Å². The molecule has 2 aromatic rings. The van der Waals surface area contributed by atoms with Crippen LogP contribution in [0.5, 0.6) is 5.75 Å². The van der Waals surface area contributed by atoms with Gasteiger partial charge in [-0.3, -0.25) is 9.59 Å². The molecular formula is C31H40N4O6. The summed E-state index contributed by atoms with van der Waals surface area (Å²) >= 11 is 0. The first-order valence-corrected chi connectivity index (χ1v) is 14.5. The van der Waals surface area contributed by atoms with Crippen LogP contribution >= 0.6 is 0 Å². The van der Waals surface area contributed by atoms with E-state index in [1.807, 2.05) is 37.3 Å². The quantitative estimate of drug-likeness (QED) is 0.443. The molecule has 3 aliphatic heterocycles. The van der Waals surface area contributed by atoms with Gasteiger partial charge in [-0.2, -0.15) is 0 Å². The van der Waals surface area contributed by atoms with Crippen LogP contribution in [0, 0.1) is 6.92 Å². The number of anilines is 1. The van der Waals surface area contributed by atoms with Crippen LogP contribution in [0.15, 0.2) is 42.5 Å². The van der Waals surface area contributed by atoms with Crippen LogP contribution in [0.3, 0.4) is 0 Å². The van der Waals surface area contributed by atoms with Gasteiger partial charge < -0.3 is 35.4 Å². The lowest BCUT2D eigenvalue weighted by atomic mass is 9.99. The number of ether oxygens (including phenoxy) is 2. The van der Waals surface area contributed by atoms with Gasteiger partial charge in [-0.05, 0) is 61.4 Å². The third-order valence-electron chi connectivity index (χ3n) is 8.26. The van der Waals surface area contributed by atoms with Gasteiger partial charge in [-0.1, -0.05) is 38.1 Å². The second-order valence-electron chi connectivity index (χ2n) is 11.6. The Balaban J connectivity index is 1.43. The third-order valence-corrected chi connectivity index (χ3v) is 8.26. The number of urea groups is 1. The molecule has 5 rings (SSSR count). The van der Waals surface area contributed by atoms with E-state index in [-0.39, 0.29) is 43.3 Å². The Hall–Kier alpha value is -3.63. The maximum atomic E-state index is 13.5. The zero-order valence-electron chi connectivity index (χ0n) is 23.9. The normalized spacial score (nSPS) is 27.0. The number of carbonyl (C=O) groups is 3. The van der Waals surface area contributed by atoms with E-state index in [9.17, 15) is 19.5 Å². The van der Waals surface area contributed by atoms with Crippen LogP contribution in [0.4, 0.5) is 10.5 Å². The molecule has 2 saturated heterocycles. The zero-order chi connectivity index (χ0) is 29.1. The fourth-order valence-corrected chi connectivity index (χ4v) is 5.75. The molecule has 10 nitrogen and oxygen atoms in total. The molecule has 3 heterocycles. The third kappa shape index (κ3) is 6.65. The van der Waals surface area contributed by atoms with Crippen LogP contribution in [0.25, 0.3) is 0 Å². The van der Waals surface area contributed by atoms with E-state index < -0.39 is 30.3 Å². The Morgan fingerprint density at radius 3 is 2.71 bits per heavy atom. The molecule has 4 amide bonds. The maximum absolute atomic E-state index is 13.5. The average Bonchev–Trinajstić information content (AvgIpc) is 3.37. The first-order chi connectivity index (χ1) is 19.7. The Kier molecular flexibility index (Phi) is 8.79. The number of rotatable bonds is 2. The van der Waals surface area contributed by atoms with Crippen molar-refractivity contribution in [2.75, 3.05) is 25.0 Å². The zero-order valence-corrected chi connectivity index (χ0v) is 23.9. The van der Waals surface area contributed by atoms with Gasteiger partial charge in [0, 0.05) is 31.2 Å². The first-order valence-electron chi connectivity index (χ1n) is 14.5. The molecular weight excluding hydrogens is 524 g/mol. The van der Waals surface area contributed by atoms with E-state index in [4.69, 9.17) is 9.47 Å². The summed E-state index contributed by atoms with van der Waals surface area (Å²) in [5, 5.41) is 19.4. The molecule has 0 saturated carbocycles. The summed E-state index contributed by atoms with van der Waals surface area (Å²) < 4.78 is 12.3. The van der Waals surface area contributed by atoms with Crippen LogP contribution in [0.2, 0.25) is 0 Å². The molecule has 2 fully saturated rings. The summed E-state index contributed by atoms with van der Waals surface area (Å²) in [5.41, 5.74) is 3.01. The van der Waals surface area contributed by atoms with E-state index in [1.54, 1.807) is 12.1 Å². The number of nitrogens with zero attached hydrogens (tertiary/aromatic N) is 1. The number of aliphatic hydroxyl groups excluding tert-OH is 1. The molecule has 0 unspecified atom stereocenters. The smallest absolute Gasteiger partial charge is 0.322 e. The van der Waals surface area contributed by atoms with E-state index in [1.165, 1.54) is 4.90 Å². The highest BCUT2D eigenvalue weighted by molar-refractivity contribution is 5.98. The molecule has 41 heavy (non-hydrogen) atoms. The van der Waals surface area contributed by atoms with E-state index in [0.29, 0.717) is 42.9 Å². The van der Waals surface area contributed by atoms with E-state index in [0.717, 1.165) is 11.1 Å². The average molecular weight is 565 g/mol. The molecule has 0 spiro atoms. The van der Waals surface area contributed by atoms with Gasteiger partial charge in [0.1, 0.15) is 17.9 Å². The van der Waals surface area contributed by atoms with Crippen molar-refractivity contribution in [2.45, 2.75) is 82.8 Å². The summed E-state index contributed by atoms with van der Waals surface area (Å²) in [6, 6.07) is 11.3. The van der Waals surface area contributed by atoms with Crippen molar-refractivity contribution in [1.82, 2.24) is 15.5 Å². The number of para-hydroxylation sites is 1. The van der Waals surface area contributed by atoms with Gasteiger partial charge in [0.2, 0.25) is 5.91 Å². The number of aliphatic hydroxyl groups is 1. The Labute approximate surface area is 240 Å². The lowest BCUT2D eigenvalue weighted by molar-refractivity contribution is -0.133. The number of fused-ring (bicyclic) bond motifs is 5. The number of aryl methyl sites for hydroxylation is 1. The molecule has 3 aliphatic rings. The lowest BCUT2D eigenvalue weighted by Crippen LogP contribution is -2.51. The number of carbonyl (C=O) groups excluding carboxylic acids is 3. The van der Waals surface area contributed by atoms with Crippen LogP contribution < -0.4 is 20.7 Å². The largest absolute Gasteiger partial charge is 0.493 e. The van der Waals surface area contributed by atoms with Gasteiger partial charge in [0.25, 0.3) is 5.91 Å². The van der Waals surface area contributed by atoms with Crippen molar-refractivity contribution >= 4 is 23.5 Å². The van der Waals surface area contributed by atoms with E-state index in [2.05, 4.69) is 29.8 Å². The standard InChI is InChI=1S/C31H40N4O6/c1-18(2)20-8-10-23-27(14-20)40-13-12-22-9-11-26(36)28(41-22)16-32-30(38)25-15-21(33-29(23)37)17-35(25)31(39)34-24-7-5-4-6-19(24)3/h4-8,10,14,18,21-22,25-26,28,36H,9,11-13,15-17H2,1-3H3,(H,32,38)(H,33,37)(H,34,39)/t21-,22-,25-,26-,28+/m0/s1. The summed E-state index contributed by atoms with van der Waals surface area (Å²) in [7, 11) is 0. The van der Waals surface area contributed by atoms with Gasteiger partial charge in [-0.15, -0.1) is 0 Å². The highest BCUT2D eigenvalue weighted by atomic mass is 16.5. The molecule has 4 N–H and O–H groups in total. The van der Waals surface area contributed by atoms with Gasteiger partial charge in [0.05, 0.1) is 24.4 Å². The van der Waals surface area contributed by atoms with Crippen molar-refractivity contribution < 1.29 is 29.0 Å². The second-order valence-corrected chi connectivity index (χ2v) is 11.6. The summed E-state index contributed by atoms with van der Waals surface area (Å²) in [4.78, 5) is 41.8. The van der Waals surface area contributed by atoms with Crippen molar-refractivity contribution in [2.24, 2.45) is 0 Å². The Morgan fingerprint density at radius 2 is 1.93 bits per heavy atom. The van der Waals surface area contributed by atoms with Crippen LogP contribution in [-0.2, 0) is 9.53 Å². The molecule has 10 heteroatoms. The lowest BCUT2D eigenvalue weighted by Gasteiger charge is -2.34. The number of benzene rings is 2. The molecule has 2 aromatic carbocycles. The second kappa shape index (κ2) is 12.5.